The van der Waals surface area contributed by atoms with Crippen LogP contribution >= 0.6 is 0 Å². The Morgan fingerprint density at radius 3 is 2.81 bits per heavy atom. The number of halogens is 1. The van der Waals surface area contributed by atoms with Gasteiger partial charge in [0.2, 0.25) is 0 Å². The molecule has 7 heteroatoms. The Morgan fingerprint density at radius 2 is 2.04 bits per heavy atom. The molecule has 1 aliphatic rings. The molecule has 3 unspecified atom stereocenters. The molecule has 26 heavy (non-hydrogen) atoms. The molecule has 0 bridgehead atoms. The molecule has 1 heterocycles. The van der Waals surface area contributed by atoms with Crippen LogP contribution in [0.1, 0.15) is 35.2 Å². The fourth-order valence-electron chi connectivity index (χ4n) is 3.12. The molecule has 0 radical (unpaired) electrons. The van der Waals surface area contributed by atoms with Crippen molar-refractivity contribution in [2.75, 3.05) is 5.32 Å². The van der Waals surface area contributed by atoms with E-state index in [1.54, 1.807) is 19.1 Å². The highest BCUT2D eigenvalue weighted by Gasteiger charge is 2.32. The predicted molar refractivity (Wildman–Crippen MR) is 95.8 cm³/mol. The summed E-state index contributed by atoms with van der Waals surface area (Å²) >= 11 is 0. The van der Waals surface area contributed by atoms with Gasteiger partial charge in [-0.25, -0.2) is 4.39 Å². The maximum atomic E-state index is 14.1. The van der Waals surface area contributed by atoms with Gasteiger partial charge in [0.25, 0.3) is 5.91 Å². The Labute approximate surface area is 151 Å². The van der Waals surface area contributed by atoms with Crippen LogP contribution in [0.4, 0.5) is 15.8 Å². The van der Waals surface area contributed by atoms with Crippen LogP contribution in [-0.2, 0) is 0 Å². The van der Waals surface area contributed by atoms with Gasteiger partial charge < -0.3 is 20.8 Å². The van der Waals surface area contributed by atoms with Crippen LogP contribution in [-0.4, -0.2) is 39.4 Å². The predicted octanol–water partition coefficient (Wildman–Crippen LogP) is 2.28. The van der Waals surface area contributed by atoms with Crippen molar-refractivity contribution in [1.82, 2.24) is 10.3 Å². The first-order chi connectivity index (χ1) is 12.5. The summed E-state index contributed by atoms with van der Waals surface area (Å²) < 4.78 is 14.1. The van der Waals surface area contributed by atoms with Crippen molar-refractivity contribution in [2.24, 2.45) is 0 Å². The molecule has 6 nitrogen and oxygen atoms in total. The zero-order valence-electron chi connectivity index (χ0n) is 14.4. The summed E-state index contributed by atoms with van der Waals surface area (Å²) in [5.41, 5.74) is 1.68. The van der Waals surface area contributed by atoms with Crippen molar-refractivity contribution in [3.8, 4) is 0 Å². The number of amides is 1. The molecule has 1 aromatic carbocycles. The van der Waals surface area contributed by atoms with Crippen LogP contribution in [0, 0.1) is 12.7 Å². The van der Waals surface area contributed by atoms with Crippen molar-refractivity contribution in [3.05, 3.63) is 53.6 Å². The highest BCUT2D eigenvalue weighted by molar-refractivity contribution is 6.00. The van der Waals surface area contributed by atoms with Gasteiger partial charge in [0.1, 0.15) is 5.82 Å². The lowest BCUT2D eigenvalue weighted by Crippen LogP contribution is -2.51. The van der Waals surface area contributed by atoms with E-state index in [2.05, 4.69) is 15.6 Å². The zero-order valence-corrected chi connectivity index (χ0v) is 14.4. The van der Waals surface area contributed by atoms with Crippen LogP contribution in [0.25, 0.3) is 0 Å². The molecule has 0 aliphatic heterocycles. The maximum Gasteiger partial charge on any atom is 0.253 e. The van der Waals surface area contributed by atoms with E-state index in [1.807, 2.05) is 0 Å². The Morgan fingerprint density at radius 1 is 1.23 bits per heavy atom. The number of carbonyl (C=O) groups excluding carboxylic acids is 1. The zero-order chi connectivity index (χ0) is 18.7. The minimum absolute atomic E-state index is 0.241. The average Bonchev–Trinajstić information content (AvgIpc) is 2.62. The molecule has 1 saturated carbocycles. The third-order valence-electron chi connectivity index (χ3n) is 4.60. The van der Waals surface area contributed by atoms with Gasteiger partial charge in [-0.3, -0.25) is 9.78 Å². The number of nitrogens with one attached hydrogen (secondary N) is 2. The first kappa shape index (κ1) is 18.3. The van der Waals surface area contributed by atoms with Gasteiger partial charge in [0.15, 0.2) is 0 Å². The van der Waals surface area contributed by atoms with E-state index < -0.39 is 30.0 Å². The van der Waals surface area contributed by atoms with E-state index >= 15 is 0 Å². The molecule has 3 rings (SSSR count). The third-order valence-corrected chi connectivity index (χ3v) is 4.60. The number of aliphatic hydroxyl groups is 2. The second-order valence-electron chi connectivity index (χ2n) is 6.60. The number of hydrogen-bond donors (Lipinski definition) is 4. The van der Waals surface area contributed by atoms with Crippen molar-refractivity contribution in [3.63, 3.8) is 0 Å². The molecule has 2 aromatic rings. The number of aliphatic hydroxyl groups excluding tert-OH is 2. The summed E-state index contributed by atoms with van der Waals surface area (Å²) in [6.45, 7) is 1.79. The second kappa shape index (κ2) is 7.80. The fourth-order valence-corrected chi connectivity index (χ4v) is 3.12. The quantitative estimate of drug-likeness (QED) is 0.672. The molecule has 1 fully saturated rings. The summed E-state index contributed by atoms with van der Waals surface area (Å²) in [7, 11) is 0. The first-order valence-corrected chi connectivity index (χ1v) is 8.60. The molecule has 1 aliphatic carbocycles. The van der Waals surface area contributed by atoms with E-state index in [9.17, 15) is 19.4 Å². The minimum Gasteiger partial charge on any atom is -0.390 e. The summed E-state index contributed by atoms with van der Waals surface area (Å²) in [6, 6.07) is 5.76. The van der Waals surface area contributed by atoms with Crippen molar-refractivity contribution in [2.45, 2.75) is 44.4 Å². The van der Waals surface area contributed by atoms with Gasteiger partial charge in [-0.2, -0.15) is 0 Å². The standard InChI is InChI=1S/C19H22FN3O3/c1-11-5-6-14(13(20)9-11)22-16-10-21-8-7-12(16)19(26)23-15-3-2-4-17(24)18(15)25/h5-10,15,17-18,22,24-25H,2-4H2,1H3,(H,23,26). The molecule has 1 aromatic heterocycles. The number of carbonyl (C=O) groups is 1. The SMILES string of the molecule is Cc1ccc(Nc2cnccc2C(=O)NC2CCCC(O)C2O)c(F)c1. The van der Waals surface area contributed by atoms with E-state index in [4.69, 9.17) is 0 Å². The lowest BCUT2D eigenvalue weighted by atomic mass is 9.90. The molecular formula is C19H22FN3O3. The Hall–Kier alpha value is -2.51. The Balaban J connectivity index is 1.79. The molecule has 4 N–H and O–H groups in total. The van der Waals surface area contributed by atoms with E-state index in [0.29, 0.717) is 18.5 Å². The van der Waals surface area contributed by atoms with Crippen molar-refractivity contribution in [1.29, 1.82) is 0 Å². The average molecular weight is 359 g/mol. The number of rotatable bonds is 4. The van der Waals surface area contributed by atoms with Gasteiger partial charge in [0.05, 0.1) is 41.4 Å². The highest BCUT2D eigenvalue weighted by atomic mass is 19.1. The van der Waals surface area contributed by atoms with Gasteiger partial charge in [-0.1, -0.05) is 6.07 Å². The van der Waals surface area contributed by atoms with E-state index in [0.717, 1.165) is 12.0 Å². The van der Waals surface area contributed by atoms with Gasteiger partial charge >= 0.3 is 0 Å². The first-order valence-electron chi connectivity index (χ1n) is 8.60. The van der Waals surface area contributed by atoms with Crippen LogP contribution in [0.3, 0.4) is 0 Å². The molecular weight excluding hydrogens is 337 g/mol. The summed E-state index contributed by atoms with van der Waals surface area (Å²) in [4.78, 5) is 16.6. The number of hydrogen-bond acceptors (Lipinski definition) is 5. The molecule has 3 atom stereocenters. The van der Waals surface area contributed by atoms with Gasteiger partial charge in [-0.15, -0.1) is 0 Å². The van der Waals surface area contributed by atoms with E-state index in [-0.39, 0.29) is 11.3 Å². The molecule has 0 spiro atoms. The van der Waals surface area contributed by atoms with Crippen molar-refractivity contribution >= 4 is 17.3 Å². The highest BCUT2D eigenvalue weighted by Crippen LogP contribution is 2.24. The number of benzene rings is 1. The molecule has 1 amide bonds. The van der Waals surface area contributed by atoms with Gasteiger partial charge in [-0.05, 0) is 49.9 Å². The van der Waals surface area contributed by atoms with E-state index in [1.165, 1.54) is 24.5 Å². The smallest absolute Gasteiger partial charge is 0.253 e. The lowest BCUT2D eigenvalue weighted by Gasteiger charge is -2.32. The van der Waals surface area contributed by atoms with Crippen LogP contribution in [0.15, 0.2) is 36.7 Å². The topological polar surface area (TPSA) is 94.5 Å². The normalized spacial score (nSPS) is 22.7. The lowest BCUT2D eigenvalue weighted by molar-refractivity contribution is -0.0277. The summed E-state index contributed by atoms with van der Waals surface area (Å²) in [5, 5.41) is 25.5. The van der Waals surface area contributed by atoms with Crippen LogP contribution < -0.4 is 10.6 Å². The van der Waals surface area contributed by atoms with Gasteiger partial charge in [0, 0.05) is 6.20 Å². The number of anilines is 2. The maximum absolute atomic E-state index is 14.1. The van der Waals surface area contributed by atoms with Crippen LogP contribution in [0.2, 0.25) is 0 Å². The largest absolute Gasteiger partial charge is 0.390 e. The summed E-state index contributed by atoms with van der Waals surface area (Å²) in [6.07, 6.45) is 2.90. The number of aryl methyl sites for hydroxylation is 1. The van der Waals surface area contributed by atoms with Crippen molar-refractivity contribution < 1.29 is 19.4 Å². The monoisotopic (exact) mass is 359 g/mol. The number of aromatic nitrogens is 1. The Bertz CT molecular complexity index is 799. The third kappa shape index (κ3) is 4.00. The summed E-state index contributed by atoms with van der Waals surface area (Å²) in [5.74, 6) is -0.841. The molecule has 138 valence electrons. The fraction of sp³-hybridized carbons (Fsp3) is 0.368. The number of pyridine rings is 1. The minimum atomic E-state index is -1.000. The Kier molecular flexibility index (Phi) is 5.49. The molecule has 0 saturated heterocycles. The van der Waals surface area contributed by atoms with Crippen LogP contribution in [0.5, 0.6) is 0 Å². The number of nitrogens with zero attached hydrogens (tertiary/aromatic N) is 1. The second-order valence-corrected chi connectivity index (χ2v) is 6.60.